The number of ether oxygens (including phenoxy) is 1. The number of hydrogen-bond donors (Lipinski definition) is 1. The van der Waals surface area contributed by atoms with Crippen molar-refractivity contribution in [1.82, 2.24) is 0 Å². The van der Waals surface area contributed by atoms with Gasteiger partial charge in [-0.3, -0.25) is 0 Å². The van der Waals surface area contributed by atoms with E-state index in [0.29, 0.717) is 19.0 Å². The maximum absolute atomic E-state index is 13.7. The maximum Gasteiger partial charge on any atom is 0.165 e. The summed E-state index contributed by atoms with van der Waals surface area (Å²) in [4.78, 5) is 0. The summed E-state index contributed by atoms with van der Waals surface area (Å²) in [5.41, 5.74) is 6.10. The molecule has 2 N–H and O–H groups in total. The molecule has 19 heavy (non-hydrogen) atoms. The topological polar surface area (TPSA) is 35.2 Å². The average molecular weight is 267 g/mol. The van der Waals surface area contributed by atoms with Gasteiger partial charge in [0.25, 0.3) is 0 Å². The average Bonchev–Trinajstić information content (AvgIpc) is 2.32. The second kappa shape index (κ2) is 5.75. The lowest BCUT2D eigenvalue weighted by Gasteiger charge is -2.08. The molecule has 5 heteroatoms. The van der Waals surface area contributed by atoms with E-state index in [9.17, 15) is 13.2 Å². The predicted octanol–water partition coefficient (Wildman–Crippen LogP) is 3.40. The third-order valence-electron chi connectivity index (χ3n) is 2.49. The fraction of sp³-hybridized carbons (Fsp3) is 0.143. The van der Waals surface area contributed by atoms with E-state index in [-0.39, 0.29) is 11.5 Å². The van der Waals surface area contributed by atoms with Crippen LogP contribution in [0.3, 0.4) is 0 Å². The zero-order chi connectivity index (χ0) is 13.8. The Balaban J connectivity index is 2.23. The Morgan fingerprint density at radius 1 is 0.947 bits per heavy atom. The van der Waals surface area contributed by atoms with Crippen molar-refractivity contribution in [2.24, 2.45) is 5.73 Å². The highest BCUT2D eigenvalue weighted by molar-refractivity contribution is 5.35. The number of benzene rings is 2. The van der Waals surface area contributed by atoms with Crippen LogP contribution in [0.25, 0.3) is 0 Å². The smallest absolute Gasteiger partial charge is 0.165 e. The van der Waals surface area contributed by atoms with Crippen molar-refractivity contribution in [1.29, 1.82) is 0 Å². The molecule has 0 saturated carbocycles. The Morgan fingerprint density at radius 2 is 1.63 bits per heavy atom. The van der Waals surface area contributed by atoms with Crippen LogP contribution in [-0.4, -0.2) is 6.54 Å². The molecule has 0 spiro atoms. The van der Waals surface area contributed by atoms with Gasteiger partial charge in [0, 0.05) is 18.2 Å². The number of nitrogens with two attached hydrogens (primary N) is 1. The second-order valence-electron chi connectivity index (χ2n) is 4.01. The standard InChI is InChI=1S/C14H12F3NO/c15-10-6-11(16)8-12(7-10)19-14-2-1-9(3-4-18)5-13(14)17/h1-2,5-8H,3-4,18H2. The molecule has 0 atom stereocenters. The molecule has 0 bridgehead atoms. The Hall–Kier alpha value is -2.01. The van der Waals surface area contributed by atoms with Gasteiger partial charge in [0.05, 0.1) is 0 Å². The Labute approximate surface area is 108 Å². The van der Waals surface area contributed by atoms with Crippen LogP contribution in [0.5, 0.6) is 11.5 Å². The van der Waals surface area contributed by atoms with Crippen LogP contribution in [0.1, 0.15) is 5.56 Å². The van der Waals surface area contributed by atoms with Crippen LogP contribution in [0, 0.1) is 17.5 Å². The predicted molar refractivity (Wildman–Crippen MR) is 65.6 cm³/mol. The van der Waals surface area contributed by atoms with Crippen molar-refractivity contribution in [2.75, 3.05) is 6.54 Å². The van der Waals surface area contributed by atoms with Crippen molar-refractivity contribution >= 4 is 0 Å². The normalized spacial score (nSPS) is 10.5. The van der Waals surface area contributed by atoms with Gasteiger partial charge in [-0.15, -0.1) is 0 Å². The van der Waals surface area contributed by atoms with Gasteiger partial charge in [-0.1, -0.05) is 6.07 Å². The van der Waals surface area contributed by atoms with Crippen LogP contribution >= 0.6 is 0 Å². The second-order valence-corrected chi connectivity index (χ2v) is 4.01. The first-order chi connectivity index (χ1) is 9.08. The van der Waals surface area contributed by atoms with Gasteiger partial charge in [-0.2, -0.15) is 0 Å². The molecule has 0 aliphatic rings. The SMILES string of the molecule is NCCc1ccc(Oc2cc(F)cc(F)c2)c(F)c1. The van der Waals surface area contributed by atoms with Crippen molar-refractivity contribution in [3.05, 3.63) is 59.4 Å². The highest BCUT2D eigenvalue weighted by Gasteiger charge is 2.08. The van der Waals surface area contributed by atoms with E-state index in [2.05, 4.69) is 0 Å². The summed E-state index contributed by atoms with van der Waals surface area (Å²) in [7, 11) is 0. The molecular formula is C14H12F3NO. The molecule has 0 aliphatic heterocycles. The fourth-order valence-electron chi connectivity index (χ4n) is 1.66. The zero-order valence-electron chi connectivity index (χ0n) is 10.00. The van der Waals surface area contributed by atoms with Gasteiger partial charge in [-0.05, 0) is 30.7 Å². The zero-order valence-corrected chi connectivity index (χ0v) is 10.00. The maximum atomic E-state index is 13.7. The molecule has 0 aromatic heterocycles. The number of halogens is 3. The van der Waals surface area contributed by atoms with E-state index in [0.717, 1.165) is 17.7 Å². The van der Waals surface area contributed by atoms with Gasteiger partial charge >= 0.3 is 0 Å². The van der Waals surface area contributed by atoms with E-state index < -0.39 is 17.5 Å². The van der Waals surface area contributed by atoms with Gasteiger partial charge in [-0.25, -0.2) is 13.2 Å². The third kappa shape index (κ3) is 3.48. The molecule has 0 saturated heterocycles. The summed E-state index contributed by atoms with van der Waals surface area (Å²) in [5.74, 6) is -2.35. The molecule has 2 aromatic carbocycles. The minimum Gasteiger partial charge on any atom is -0.454 e. The van der Waals surface area contributed by atoms with Gasteiger partial charge < -0.3 is 10.5 Å². The molecule has 2 nitrogen and oxygen atoms in total. The summed E-state index contributed by atoms with van der Waals surface area (Å²) in [6, 6.07) is 7.03. The highest BCUT2D eigenvalue weighted by Crippen LogP contribution is 2.26. The molecular weight excluding hydrogens is 255 g/mol. The summed E-state index contributed by atoms with van der Waals surface area (Å²) in [5, 5.41) is 0. The molecule has 0 heterocycles. The first-order valence-electron chi connectivity index (χ1n) is 5.71. The highest BCUT2D eigenvalue weighted by atomic mass is 19.1. The molecule has 0 amide bonds. The van der Waals surface area contributed by atoms with Gasteiger partial charge in [0.2, 0.25) is 0 Å². The third-order valence-corrected chi connectivity index (χ3v) is 2.49. The van der Waals surface area contributed by atoms with Crippen molar-refractivity contribution in [2.45, 2.75) is 6.42 Å². The van der Waals surface area contributed by atoms with Gasteiger partial charge in [0.1, 0.15) is 17.4 Å². The minimum absolute atomic E-state index is 0.0919. The lowest BCUT2D eigenvalue weighted by molar-refractivity contribution is 0.433. The fourth-order valence-corrected chi connectivity index (χ4v) is 1.66. The van der Waals surface area contributed by atoms with Crippen LogP contribution < -0.4 is 10.5 Å². The summed E-state index contributed by atoms with van der Waals surface area (Å²) < 4.78 is 44.8. The van der Waals surface area contributed by atoms with Crippen LogP contribution in [0.2, 0.25) is 0 Å². The van der Waals surface area contributed by atoms with Crippen molar-refractivity contribution < 1.29 is 17.9 Å². The minimum atomic E-state index is -0.782. The van der Waals surface area contributed by atoms with Gasteiger partial charge in [0.15, 0.2) is 11.6 Å². The van der Waals surface area contributed by atoms with Crippen molar-refractivity contribution in [3.63, 3.8) is 0 Å². The van der Waals surface area contributed by atoms with E-state index in [1.807, 2.05) is 0 Å². The Bertz CT molecular complexity index is 567. The first kappa shape index (κ1) is 13.4. The van der Waals surface area contributed by atoms with Crippen molar-refractivity contribution in [3.8, 4) is 11.5 Å². The van der Waals surface area contributed by atoms with E-state index in [1.165, 1.54) is 12.1 Å². The molecule has 0 fully saturated rings. The lowest BCUT2D eigenvalue weighted by Crippen LogP contribution is -2.03. The van der Waals surface area contributed by atoms with Crippen LogP contribution in [-0.2, 0) is 6.42 Å². The molecule has 0 radical (unpaired) electrons. The molecule has 2 aromatic rings. The summed E-state index contributed by atoms with van der Waals surface area (Å²) in [6.07, 6.45) is 0.547. The number of rotatable bonds is 4. The molecule has 0 aliphatic carbocycles. The largest absolute Gasteiger partial charge is 0.454 e. The molecule has 2 rings (SSSR count). The quantitative estimate of drug-likeness (QED) is 0.921. The Kier molecular flexibility index (Phi) is 4.06. The van der Waals surface area contributed by atoms with Crippen LogP contribution in [0.15, 0.2) is 36.4 Å². The van der Waals surface area contributed by atoms with Crippen LogP contribution in [0.4, 0.5) is 13.2 Å². The summed E-state index contributed by atoms with van der Waals surface area (Å²) in [6.45, 7) is 0.411. The Morgan fingerprint density at radius 3 is 2.21 bits per heavy atom. The lowest BCUT2D eigenvalue weighted by atomic mass is 10.1. The number of hydrogen-bond acceptors (Lipinski definition) is 2. The first-order valence-corrected chi connectivity index (χ1v) is 5.71. The monoisotopic (exact) mass is 267 g/mol. The van der Waals surface area contributed by atoms with E-state index in [4.69, 9.17) is 10.5 Å². The molecule has 0 unspecified atom stereocenters. The van der Waals surface area contributed by atoms with E-state index in [1.54, 1.807) is 6.07 Å². The summed E-state index contributed by atoms with van der Waals surface area (Å²) >= 11 is 0. The van der Waals surface area contributed by atoms with E-state index >= 15 is 0 Å². The molecule has 100 valence electrons.